The number of hydrogen-bond acceptors (Lipinski definition) is 5. The molecule has 0 radical (unpaired) electrons. The van der Waals surface area contributed by atoms with Crippen LogP contribution in [-0.4, -0.2) is 60.6 Å². The van der Waals surface area contributed by atoms with Crippen LogP contribution in [0.5, 0.6) is 0 Å². The topological polar surface area (TPSA) is 83.7 Å². The second-order valence-electron chi connectivity index (χ2n) is 7.27. The summed E-state index contributed by atoms with van der Waals surface area (Å²) in [4.78, 5) is 14.9. The van der Waals surface area contributed by atoms with E-state index in [4.69, 9.17) is 4.52 Å². The summed E-state index contributed by atoms with van der Waals surface area (Å²) < 4.78 is 30.8. The molecule has 1 aromatic heterocycles. The first kappa shape index (κ1) is 16.1. The summed E-state index contributed by atoms with van der Waals surface area (Å²) in [6.45, 7) is 1.51. The number of fused-ring (bicyclic) bond motifs is 5. The predicted molar refractivity (Wildman–Crippen MR) is 87.1 cm³/mol. The molecule has 0 N–H and O–H groups in total. The maximum atomic E-state index is 13.1. The lowest BCUT2D eigenvalue weighted by molar-refractivity contribution is 0.0577. The highest BCUT2D eigenvalue weighted by Crippen LogP contribution is 2.32. The van der Waals surface area contributed by atoms with Gasteiger partial charge in [-0.15, -0.1) is 0 Å². The van der Waals surface area contributed by atoms with Crippen LogP contribution in [0.2, 0.25) is 0 Å². The molecule has 3 saturated heterocycles. The second kappa shape index (κ2) is 5.84. The molecular formula is C16H23N3O4S. The molecule has 0 unspecified atom stereocenters. The molecule has 2 atom stereocenters. The molecule has 0 spiro atoms. The first-order valence-corrected chi connectivity index (χ1v) is 10.5. The number of nitrogens with zero attached hydrogens (tertiary/aromatic N) is 3. The van der Waals surface area contributed by atoms with Gasteiger partial charge < -0.3 is 9.42 Å². The van der Waals surface area contributed by atoms with Gasteiger partial charge in [0, 0.05) is 37.7 Å². The maximum Gasteiger partial charge on any atom is 0.276 e. The van der Waals surface area contributed by atoms with E-state index in [1.807, 2.05) is 4.90 Å². The third-order valence-corrected chi connectivity index (χ3v) is 6.80. The molecule has 0 saturated carbocycles. The van der Waals surface area contributed by atoms with Gasteiger partial charge in [-0.1, -0.05) is 5.16 Å². The molecule has 1 aliphatic carbocycles. The molecule has 1 aromatic rings. The second-order valence-corrected chi connectivity index (χ2v) is 9.26. The number of aromatic nitrogens is 1. The zero-order chi connectivity index (χ0) is 16.9. The average molecular weight is 353 g/mol. The van der Waals surface area contributed by atoms with Crippen LogP contribution in [0.25, 0.3) is 0 Å². The van der Waals surface area contributed by atoms with Crippen LogP contribution in [-0.2, 0) is 22.9 Å². The van der Waals surface area contributed by atoms with Crippen molar-refractivity contribution in [3.05, 3.63) is 17.0 Å². The lowest BCUT2D eigenvalue weighted by atomic mass is 9.93. The van der Waals surface area contributed by atoms with Crippen LogP contribution >= 0.6 is 0 Å². The van der Waals surface area contributed by atoms with E-state index in [1.54, 1.807) is 0 Å². The van der Waals surface area contributed by atoms with Crippen molar-refractivity contribution in [1.82, 2.24) is 14.4 Å². The molecular weight excluding hydrogens is 330 g/mol. The Morgan fingerprint density at radius 3 is 2.75 bits per heavy atom. The quantitative estimate of drug-likeness (QED) is 0.793. The monoisotopic (exact) mass is 353 g/mol. The van der Waals surface area contributed by atoms with E-state index in [0.717, 1.165) is 49.8 Å². The average Bonchev–Trinajstić information content (AvgIpc) is 2.74. The van der Waals surface area contributed by atoms with Crippen LogP contribution in [0.4, 0.5) is 0 Å². The van der Waals surface area contributed by atoms with Crippen LogP contribution < -0.4 is 0 Å². The zero-order valence-corrected chi connectivity index (χ0v) is 14.7. The van der Waals surface area contributed by atoms with E-state index in [1.165, 1.54) is 10.6 Å². The van der Waals surface area contributed by atoms with E-state index < -0.39 is 10.0 Å². The number of carbonyl (C=O) groups excluding carboxylic acids is 1. The van der Waals surface area contributed by atoms with Crippen molar-refractivity contribution in [2.75, 3.05) is 25.9 Å². The summed E-state index contributed by atoms with van der Waals surface area (Å²) >= 11 is 0. The number of rotatable bonds is 2. The van der Waals surface area contributed by atoms with Gasteiger partial charge in [-0.2, -0.15) is 4.31 Å². The highest BCUT2D eigenvalue weighted by Gasteiger charge is 2.41. The smallest absolute Gasteiger partial charge is 0.276 e. The minimum absolute atomic E-state index is 0.0677. The van der Waals surface area contributed by atoms with Gasteiger partial charge in [-0.3, -0.25) is 4.79 Å². The van der Waals surface area contributed by atoms with Gasteiger partial charge in [-0.25, -0.2) is 8.42 Å². The van der Waals surface area contributed by atoms with Crippen molar-refractivity contribution >= 4 is 15.9 Å². The summed E-state index contributed by atoms with van der Waals surface area (Å²) in [5, 5.41) is 4.06. The van der Waals surface area contributed by atoms with Crippen LogP contribution in [0, 0.1) is 5.92 Å². The van der Waals surface area contributed by atoms with Crippen molar-refractivity contribution in [2.24, 2.45) is 5.92 Å². The van der Waals surface area contributed by atoms with Gasteiger partial charge in [0.05, 0.1) is 6.26 Å². The number of piperidine rings is 1. The molecule has 24 heavy (non-hydrogen) atoms. The summed E-state index contributed by atoms with van der Waals surface area (Å²) in [6.07, 6.45) is 6.90. The predicted octanol–water partition coefficient (Wildman–Crippen LogP) is 1.05. The Balaban J connectivity index is 1.61. The number of amides is 1. The molecule has 2 bridgehead atoms. The molecule has 1 amide bonds. The van der Waals surface area contributed by atoms with Gasteiger partial charge in [0.15, 0.2) is 5.69 Å². The molecule has 3 fully saturated rings. The molecule has 3 aliphatic heterocycles. The molecule has 0 aromatic carbocycles. The first-order chi connectivity index (χ1) is 11.4. The number of hydrogen-bond donors (Lipinski definition) is 0. The fraction of sp³-hybridized carbons (Fsp3) is 0.750. The summed E-state index contributed by atoms with van der Waals surface area (Å²) in [6, 6.07) is -0.0677. The highest BCUT2D eigenvalue weighted by molar-refractivity contribution is 7.88. The lowest BCUT2D eigenvalue weighted by Gasteiger charge is -2.35. The van der Waals surface area contributed by atoms with Gasteiger partial charge in [0.25, 0.3) is 5.91 Å². The molecule has 7 nitrogen and oxygen atoms in total. The fourth-order valence-electron chi connectivity index (χ4n) is 4.25. The van der Waals surface area contributed by atoms with E-state index in [2.05, 4.69) is 5.16 Å². The Morgan fingerprint density at radius 1 is 1.17 bits per heavy atom. The van der Waals surface area contributed by atoms with Gasteiger partial charge in [-0.05, 0) is 38.0 Å². The normalized spacial score (nSPS) is 27.8. The van der Waals surface area contributed by atoms with Crippen molar-refractivity contribution in [1.29, 1.82) is 0 Å². The van der Waals surface area contributed by atoms with Crippen LogP contribution in [0.15, 0.2) is 4.52 Å². The van der Waals surface area contributed by atoms with E-state index >= 15 is 0 Å². The van der Waals surface area contributed by atoms with Crippen molar-refractivity contribution in [3.8, 4) is 0 Å². The van der Waals surface area contributed by atoms with Crippen LogP contribution in [0.3, 0.4) is 0 Å². The minimum Gasteiger partial charge on any atom is -0.360 e. The molecule has 132 valence electrons. The van der Waals surface area contributed by atoms with Crippen molar-refractivity contribution in [2.45, 2.75) is 44.6 Å². The Labute approximate surface area is 142 Å². The van der Waals surface area contributed by atoms with E-state index in [0.29, 0.717) is 25.3 Å². The van der Waals surface area contributed by atoms with Crippen molar-refractivity contribution in [3.63, 3.8) is 0 Å². The summed E-state index contributed by atoms with van der Waals surface area (Å²) in [7, 11) is -3.23. The maximum absolute atomic E-state index is 13.1. The third-order valence-electron chi connectivity index (χ3n) is 5.56. The van der Waals surface area contributed by atoms with Gasteiger partial charge in [0.1, 0.15) is 5.76 Å². The number of sulfonamides is 1. The Hall–Kier alpha value is -1.41. The SMILES string of the molecule is CS(=O)(=O)N1C[C@@H]2CC[C@H](C1)N(C(=O)c1noc3c1CCCC3)C2. The standard InChI is InChI=1S/C16H23N3O4S/c1-24(21,22)18-8-11-6-7-12(10-18)19(9-11)16(20)15-13-4-2-3-5-14(13)23-17-15/h11-12H,2-10H2,1H3/t11-,12+/m0/s1. The third kappa shape index (κ3) is 2.75. The molecule has 4 aliphatic rings. The Morgan fingerprint density at radius 2 is 1.96 bits per heavy atom. The summed E-state index contributed by atoms with van der Waals surface area (Å²) in [5.74, 6) is 0.958. The van der Waals surface area contributed by atoms with E-state index in [9.17, 15) is 13.2 Å². The van der Waals surface area contributed by atoms with Crippen molar-refractivity contribution < 1.29 is 17.7 Å². The Kier molecular flexibility index (Phi) is 3.91. The fourth-order valence-corrected chi connectivity index (χ4v) is 5.17. The number of carbonyl (C=O) groups is 1. The minimum atomic E-state index is -3.23. The van der Waals surface area contributed by atoms with Gasteiger partial charge in [0.2, 0.25) is 10.0 Å². The first-order valence-electron chi connectivity index (χ1n) is 8.67. The highest BCUT2D eigenvalue weighted by atomic mass is 32.2. The molecule has 5 rings (SSSR count). The van der Waals surface area contributed by atoms with Gasteiger partial charge >= 0.3 is 0 Å². The summed E-state index contributed by atoms with van der Waals surface area (Å²) in [5.41, 5.74) is 1.41. The molecule has 4 heterocycles. The zero-order valence-electron chi connectivity index (χ0n) is 13.9. The lowest BCUT2D eigenvalue weighted by Crippen LogP contribution is -2.48. The van der Waals surface area contributed by atoms with Crippen LogP contribution in [0.1, 0.15) is 47.5 Å². The van der Waals surface area contributed by atoms with E-state index in [-0.39, 0.29) is 17.9 Å². The molecule has 8 heteroatoms. The number of aryl methyl sites for hydroxylation is 1. The Bertz CT molecular complexity index is 757. The largest absolute Gasteiger partial charge is 0.360 e.